The van der Waals surface area contributed by atoms with E-state index >= 15 is 0 Å². The van der Waals surface area contributed by atoms with E-state index < -0.39 is 10.2 Å². The molecule has 7 heteroatoms. The number of rotatable bonds is 4. The fourth-order valence-corrected chi connectivity index (χ4v) is 4.56. The van der Waals surface area contributed by atoms with Crippen LogP contribution in [0.2, 0.25) is 0 Å². The SMILES string of the molecule is CC1CC(NS(=O)(=O)N2CCCCC2CO)CCO1. The zero-order valence-corrected chi connectivity index (χ0v) is 12.2. The summed E-state index contributed by atoms with van der Waals surface area (Å²) < 4.78 is 34.4. The van der Waals surface area contributed by atoms with Crippen LogP contribution in [-0.4, -0.2) is 55.8 Å². The van der Waals surface area contributed by atoms with Gasteiger partial charge >= 0.3 is 0 Å². The molecule has 0 aromatic carbocycles. The Balaban J connectivity index is 2.00. The van der Waals surface area contributed by atoms with Crippen molar-refractivity contribution < 1.29 is 18.3 Å². The predicted molar refractivity (Wildman–Crippen MR) is 71.9 cm³/mol. The average molecular weight is 292 g/mol. The van der Waals surface area contributed by atoms with E-state index in [1.807, 2.05) is 6.92 Å². The maximum atomic E-state index is 12.4. The summed E-state index contributed by atoms with van der Waals surface area (Å²) in [6.45, 7) is 2.94. The van der Waals surface area contributed by atoms with E-state index in [9.17, 15) is 13.5 Å². The fraction of sp³-hybridized carbons (Fsp3) is 1.00. The third-order valence-corrected chi connectivity index (χ3v) is 5.62. The van der Waals surface area contributed by atoms with Crippen molar-refractivity contribution in [1.29, 1.82) is 0 Å². The molecule has 0 radical (unpaired) electrons. The average Bonchev–Trinajstić information content (AvgIpc) is 2.38. The summed E-state index contributed by atoms with van der Waals surface area (Å²) in [6.07, 6.45) is 4.09. The van der Waals surface area contributed by atoms with Gasteiger partial charge in [0.2, 0.25) is 0 Å². The Morgan fingerprint density at radius 2 is 2.16 bits per heavy atom. The van der Waals surface area contributed by atoms with E-state index in [0.717, 1.165) is 19.3 Å². The van der Waals surface area contributed by atoms with Gasteiger partial charge in [0.25, 0.3) is 10.2 Å². The molecule has 2 rings (SSSR count). The van der Waals surface area contributed by atoms with Crippen LogP contribution in [0, 0.1) is 0 Å². The van der Waals surface area contributed by atoms with Crippen molar-refractivity contribution in [1.82, 2.24) is 9.03 Å². The number of hydrogen-bond donors (Lipinski definition) is 2. The van der Waals surface area contributed by atoms with Crippen LogP contribution in [0.1, 0.15) is 39.0 Å². The molecule has 2 aliphatic heterocycles. The fourth-order valence-electron chi connectivity index (χ4n) is 2.86. The monoisotopic (exact) mass is 292 g/mol. The van der Waals surface area contributed by atoms with E-state index in [2.05, 4.69) is 4.72 Å². The Kier molecular flexibility index (Phi) is 5.19. The summed E-state index contributed by atoms with van der Waals surface area (Å²) in [5.74, 6) is 0. The summed E-state index contributed by atoms with van der Waals surface area (Å²) in [4.78, 5) is 0. The van der Waals surface area contributed by atoms with Crippen molar-refractivity contribution >= 4 is 10.2 Å². The predicted octanol–water partition coefficient (Wildman–Crippen LogP) is 0.235. The zero-order valence-electron chi connectivity index (χ0n) is 11.4. The van der Waals surface area contributed by atoms with Gasteiger partial charge in [0.05, 0.1) is 12.7 Å². The third kappa shape index (κ3) is 3.88. The normalized spacial score (nSPS) is 34.3. The second-order valence-electron chi connectivity index (χ2n) is 5.47. The molecule has 2 N–H and O–H groups in total. The molecule has 3 atom stereocenters. The van der Waals surface area contributed by atoms with E-state index in [0.29, 0.717) is 26.0 Å². The second kappa shape index (κ2) is 6.49. The first-order valence-electron chi connectivity index (χ1n) is 7.04. The summed E-state index contributed by atoms with van der Waals surface area (Å²) in [5.41, 5.74) is 0. The maximum absolute atomic E-state index is 12.4. The Hall–Kier alpha value is -0.210. The van der Waals surface area contributed by atoms with Crippen LogP contribution in [0.3, 0.4) is 0 Å². The molecule has 2 fully saturated rings. The van der Waals surface area contributed by atoms with Crippen molar-refractivity contribution in [2.45, 2.75) is 57.2 Å². The molecule has 3 unspecified atom stereocenters. The van der Waals surface area contributed by atoms with Gasteiger partial charge in [0.1, 0.15) is 0 Å². The minimum absolute atomic E-state index is 0.0602. The Bertz CT molecular complexity index is 387. The Labute approximate surface area is 115 Å². The molecular weight excluding hydrogens is 268 g/mol. The van der Waals surface area contributed by atoms with Gasteiger partial charge in [-0.25, -0.2) is 0 Å². The summed E-state index contributed by atoms with van der Waals surface area (Å²) >= 11 is 0. The number of ether oxygens (including phenoxy) is 1. The van der Waals surface area contributed by atoms with Crippen LogP contribution in [0.4, 0.5) is 0 Å². The molecule has 0 spiro atoms. The van der Waals surface area contributed by atoms with E-state index in [-0.39, 0.29) is 24.8 Å². The molecule has 0 bridgehead atoms. The minimum Gasteiger partial charge on any atom is -0.395 e. The number of nitrogens with zero attached hydrogens (tertiary/aromatic N) is 1. The van der Waals surface area contributed by atoms with Crippen LogP contribution in [0.25, 0.3) is 0 Å². The molecule has 0 aromatic rings. The molecule has 19 heavy (non-hydrogen) atoms. The van der Waals surface area contributed by atoms with Gasteiger partial charge in [-0.05, 0) is 32.6 Å². The highest BCUT2D eigenvalue weighted by atomic mass is 32.2. The largest absolute Gasteiger partial charge is 0.395 e. The van der Waals surface area contributed by atoms with Crippen LogP contribution < -0.4 is 4.72 Å². The van der Waals surface area contributed by atoms with Crippen molar-refractivity contribution in [3.8, 4) is 0 Å². The topological polar surface area (TPSA) is 78.9 Å². The smallest absolute Gasteiger partial charge is 0.280 e. The van der Waals surface area contributed by atoms with Crippen molar-refractivity contribution in [2.75, 3.05) is 19.8 Å². The Morgan fingerprint density at radius 3 is 2.84 bits per heavy atom. The van der Waals surface area contributed by atoms with Crippen LogP contribution in [-0.2, 0) is 14.9 Å². The summed E-state index contributed by atoms with van der Waals surface area (Å²) in [6, 6.07) is -0.335. The van der Waals surface area contributed by atoms with Gasteiger partial charge in [-0.1, -0.05) is 6.42 Å². The lowest BCUT2D eigenvalue weighted by molar-refractivity contribution is 0.0168. The number of piperidine rings is 1. The van der Waals surface area contributed by atoms with Crippen LogP contribution in [0.5, 0.6) is 0 Å². The lowest BCUT2D eigenvalue weighted by atomic mass is 10.1. The second-order valence-corrected chi connectivity index (χ2v) is 7.12. The lowest BCUT2D eigenvalue weighted by Gasteiger charge is -2.36. The highest BCUT2D eigenvalue weighted by Gasteiger charge is 2.34. The van der Waals surface area contributed by atoms with Crippen molar-refractivity contribution in [3.63, 3.8) is 0 Å². The summed E-state index contributed by atoms with van der Waals surface area (Å²) in [7, 11) is -3.50. The third-order valence-electron chi connectivity index (χ3n) is 3.89. The summed E-state index contributed by atoms with van der Waals surface area (Å²) in [5, 5.41) is 9.32. The molecule has 2 heterocycles. The zero-order chi connectivity index (χ0) is 13.9. The molecule has 0 amide bonds. The van der Waals surface area contributed by atoms with Crippen LogP contribution >= 0.6 is 0 Å². The molecular formula is C12H24N2O4S. The van der Waals surface area contributed by atoms with E-state index in [1.54, 1.807) is 0 Å². The van der Waals surface area contributed by atoms with Gasteiger partial charge in [-0.15, -0.1) is 0 Å². The van der Waals surface area contributed by atoms with Gasteiger partial charge in [0.15, 0.2) is 0 Å². The molecule has 0 aliphatic carbocycles. The van der Waals surface area contributed by atoms with E-state index in [1.165, 1.54) is 4.31 Å². The quantitative estimate of drug-likeness (QED) is 0.778. The van der Waals surface area contributed by atoms with Crippen LogP contribution in [0.15, 0.2) is 0 Å². The maximum Gasteiger partial charge on any atom is 0.280 e. The molecule has 112 valence electrons. The van der Waals surface area contributed by atoms with Gasteiger partial charge in [-0.2, -0.15) is 17.4 Å². The number of aliphatic hydroxyl groups excluding tert-OH is 1. The minimum atomic E-state index is -3.50. The standard InChI is InChI=1S/C12H24N2O4S/c1-10-8-11(5-7-18-10)13-19(16,17)14-6-3-2-4-12(14)9-15/h10-13,15H,2-9H2,1H3. The lowest BCUT2D eigenvalue weighted by Crippen LogP contribution is -2.53. The number of aliphatic hydroxyl groups is 1. The first-order chi connectivity index (χ1) is 9.03. The number of nitrogens with one attached hydrogen (secondary N) is 1. The molecule has 0 aromatic heterocycles. The van der Waals surface area contributed by atoms with Crippen molar-refractivity contribution in [2.24, 2.45) is 0 Å². The molecule has 2 saturated heterocycles. The highest BCUT2D eigenvalue weighted by molar-refractivity contribution is 7.87. The first-order valence-corrected chi connectivity index (χ1v) is 8.48. The number of hydrogen-bond acceptors (Lipinski definition) is 4. The Morgan fingerprint density at radius 1 is 1.37 bits per heavy atom. The van der Waals surface area contributed by atoms with E-state index in [4.69, 9.17) is 4.74 Å². The van der Waals surface area contributed by atoms with Gasteiger partial charge in [0, 0.05) is 25.2 Å². The van der Waals surface area contributed by atoms with Crippen molar-refractivity contribution in [3.05, 3.63) is 0 Å². The molecule has 2 aliphatic rings. The first kappa shape index (κ1) is 15.2. The highest BCUT2D eigenvalue weighted by Crippen LogP contribution is 2.21. The van der Waals surface area contributed by atoms with Gasteiger partial charge in [-0.3, -0.25) is 0 Å². The van der Waals surface area contributed by atoms with Gasteiger partial charge < -0.3 is 9.84 Å². The molecule has 6 nitrogen and oxygen atoms in total. The molecule has 0 saturated carbocycles.